The van der Waals surface area contributed by atoms with Crippen LogP contribution in [0.4, 0.5) is 18.0 Å². The predicted octanol–water partition coefficient (Wildman–Crippen LogP) is 2.42. The van der Waals surface area contributed by atoms with Crippen LogP contribution in [0.5, 0.6) is 0 Å². The molecule has 0 spiro atoms. The van der Waals surface area contributed by atoms with Crippen LogP contribution in [0.1, 0.15) is 30.6 Å². The van der Waals surface area contributed by atoms with E-state index in [9.17, 15) is 32.3 Å². The van der Waals surface area contributed by atoms with Gasteiger partial charge in [0.05, 0.1) is 0 Å². The minimum atomic E-state index is -4.64. The number of ether oxygens (including phenoxy) is 1. The lowest BCUT2D eigenvalue weighted by Crippen LogP contribution is -2.48. The molecule has 3 N–H and O–H groups in total. The van der Waals surface area contributed by atoms with Crippen LogP contribution in [-0.2, 0) is 14.3 Å². The van der Waals surface area contributed by atoms with Crippen molar-refractivity contribution in [3.05, 3.63) is 34.9 Å². The van der Waals surface area contributed by atoms with Crippen LogP contribution < -0.4 is 16.0 Å². The number of amides is 4. The summed E-state index contributed by atoms with van der Waals surface area (Å²) in [5.74, 6) is -2.98. The Kier molecular flexibility index (Phi) is 9.57. The van der Waals surface area contributed by atoms with Crippen molar-refractivity contribution in [3.8, 4) is 0 Å². The molecule has 166 valence electrons. The first-order valence-electron chi connectivity index (χ1n) is 8.80. The zero-order valence-corrected chi connectivity index (χ0v) is 16.9. The zero-order valence-electron chi connectivity index (χ0n) is 16.1. The Labute approximate surface area is 175 Å². The highest BCUT2D eigenvalue weighted by Crippen LogP contribution is 2.13. The maximum absolute atomic E-state index is 12.3. The third kappa shape index (κ3) is 9.12. The number of hydrogen-bond donors (Lipinski definition) is 3. The molecule has 0 fully saturated rings. The molecular weight excluding hydrogens is 431 g/mol. The first kappa shape index (κ1) is 25.2. The molecule has 0 radical (unpaired) electrons. The normalized spacial score (nSPS) is 13.0. The molecule has 0 aliphatic carbocycles. The molecular formula is C18H21ClF3N3O5. The van der Waals surface area contributed by atoms with Gasteiger partial charge in [0.1, 0.15) is 12.6 Å². The average molecular weight is 452 g/mol. The van der Waals surface area contributed by atoms with Crippen molar-refractivity contribution in [2.45, 2.75) is 32.5 Å². The molecule has 0 aliphatic rings. The summed E-state index contributed by atoms with van der Waals surface area (Å²) in [5.41, 5.74) is 0.250. The van der Waals surface area contributed by atoms with Gasteiger partial charge in [-0.25, -0.2) is 9.59 Å². The number of hydrogen-bond acceptors (Lipinski definition) is 5. The fourth-order valence-corrected chi connectivity index (χ4v) is 2.23. The van der Waals surface area contributed by atoms with Crippen LogP contribution in [0.3, 0.4) is 0 Å². The summed E-state index contributed by atoms with van der Waals surface area (Å²) in [6.45, 7) is 0.913. The molecule has 1 rings (SSSR count). The van der Waals surface area contributed by atoms with Crippen LogP contribution in [-0.4, -0.2) is 49.2 Å². The van der Waals surface area contributed by atoms with Gasteiger partial charge >= 0.3 is 18.2 Å². The van der Waals surface area contributed by atoms with Crippen molar-refractivity contribution < 1.29 is 37.1 Å². The van der Waals surface area contributed by atoms with E-state index in [1.54, 1.807) is 19.2 Å². The second-order valence-electron chi connectivity index (χ2n) is 6.30. The highest BCUT2D eigenvalue weighted by Gasteiger charge is 2.29. The number of esters is 1. The summed E-state index contributed by atoms with van der Waals surface area (Å²) in [5, 5.41) is 5.97. The highest BCUT2D eigenvalue weighted by atomic mass is 35.5. The van der Waals surface area contributed by atoms with Crippen LogP contribution >= 0.6 is 11.6 Å². The molecule has 0 saturated heterocycles. The number of urea groups is 1. The van der Waals surface area contributed by atoms with Gasteiger partial charge in [-0.3, -0.25) is 14.9 Å². The molecule has 0 unspecified atom stereocenters. The molecule has 0 bridgehead atoms. The molecule has 0 heterocycles. The first-order valence-corrected chi connectivity index (χ1v) is 9.18. The maximum atomic E-state index is 12.3. The molecule has 4 amide bonds. The van der Waals surface area contributed by atoms with Gasteiger partial charge in [0, 0.05) is 10.6 Å². The van der Waals surface area contributed by atoms with Crippen LogP contribution in [0.15, 0.2) is 24.3 Å². The molecule has 1 aromatic carbocycles. The quantitative estimate of drug-likeness (QED) is 0.525. The fraction of sp³-hybridized carbons (Fsp3) is 0.444. The van der Waals surface area contributed by atoms with E-state index in [2.05, 4.69) is 5.32 Å². The third-order valence-electron chi connectivity index (χ3n) is 3.91. The van der Waals surface area contributed by atoms with Crippen molar-refractivity contribution in [2.75, 3.05) is 13.2 Å². The molecule has 0 aliphatic heterocycles. The summed E-state index contributed by atoms with van der Waals surface area (Å²) in [4.78, 5) is 47.5. The predicted molar refractivity (Wildman–Crippen MR) is 101 cm³/mol. The molecule has 8 nitrogen and oxygen atoms in total. The number of nitrogens with one attached hydrogen (secondary N) is 3. The third-order valence-corrected chi connectivity index (χ3v) is 4.16. The molecule has 0 saturated carbocycles. The summed E-state index contributed by atoms with van der Waals surface area (Å²) in [7, 11) is 0. The van der Waals surface area contributed by atoms with Gasteiger partial charge < -0.3 is 15.4 Å². The SMILES string of the molecule is CC[C@H](C)[C@H](NC(=O)c1ccc(Cl)cc1)C(=O)OCC(=O)NC(=O)NCC(F)(F)F. The summed E-state index contributed by atoms with van der Waals surface area (Å²) >= 11 is 5.77. The summed E-state index contributed by atoms with van der Waals surface area (Å²) in [6.07, 6.45) is -4.15. The molecule has 0 aromatic heterocycles. The number of carbonyl (C=O) groups excluding carboxylic acids is 4. The van der Waals surface area contributed by atoms with E-state index in [1.165, 1.54) is 29.6 Å². The Morgan fingerprint density at radius 3 is 2.27 bits per heavy atom. The second kappa shape index (κ2) is 11.4. The monoisotopic (exact) mass is 451 g/mol. The number of carbonyl (C=O) groups is 4. The first-order chi connectivity index (χ1) is 13.9. The van der Waals surface area contributed by atoms with Gasteiger partial charge in [-0.2, -0.15) is 13.2 Å². The van der Waals surface area contributed by atoms with E-state index >= 15 is 0 Å². The highest BCUT2D eigenvalue weighted by molar-refractivity contribution is 6.30. The van der Waals surface area contributed by atoms with E-state index in [4.69, 9.17) is 16.3 Å². The van der Waals surface area contributed by atoms with Crippen LogP contribution in [0.2, 0.25) is 5.02 Å². The Bertz CT molecular complexity index is 771. The van der Waals surface area contributed by atoms with Crippen LogP contribution in [0.25, 0.3) is 0 Å². The van der Waals surface area contributed by atoms with E-state index in [1.807, 2.05) is 0 Å². The van der Waals surface area contributed by atoms with Gasteiger partial charge in [0.2, 0.25) is 0 Å². The lowest BCUT2D eigenvalue weighted by Gasteiger charge is -2.22. The summed E-state index contributed by atoms with van der Waals surface area (Å²) in [6, 6.07) is 3.45. The molecule has 12 heteroatoms. The lowest BCUT2D eigenvalue weighted by atomic mass is 9.99. The number of benzene rings is 1. The standard InChI is InChI=1S/C18H21ClF3N3O5/c1-3-10(2)14(25-15(27)11-4-6-12(19)7-5-11)16(28)30-8-13(26)24-17(29)23-9-18(20,21)22/h4-7,10,14H,3,8-9H2,1-2H3,(H,25,27)(H2,23,24,26,29)/t10-,14-/m0/s1. The molecule has 30 heavy (non-hydrogen) atoms. The van der Waals surface area contributed by atoms with Crippen molar-refractivity contribution in [1.29, 1.82) is 0 Å². The summed E-state index contributed by atoms with van der Waals surface area (Å²) < 4.78 is 40.8. The second-order valence-corrected chi connectivity index (χ2v) is 6.73. The van der Waals surface area contributed by atoms with E-state index in [0.29, 0.717) is 11.4 Å². The maximum Gasteiger partial charge on any atom is 0.405 e. The van der Waals surface area contributed by atoms with Crippen LogP contribution in [0, 0.1) is 5.92 Å². The average Bonchev–Trinajstić information content (AvgIpc) is 2.68. The van der Waals surface area contributed by atoms with Crippen molar-refractivity contribution in [1.82, 2.24) is 16.0 Å². The van der Waals surface area contributed by atoms with Gasteiger partial charge in [-0.15, -0.1) is 0 Å². The molecule has 2 atom stereocenters. The lowest BCUT2D eigenvalue weighted by molar-refractivity contribution is -0.151. The van der Waals surface area contributed by atoms with E-state index < -0.39 is 49.2 Å². The Morgan fingerprint density at radius 2 is 1.73 bits per heavy atom. The minimum Gasteiger partial charge on any atom is -0.454 e. The molecule has 1 aromatic rings. The zero-order chi connectivity index (χ0) is 22.9. The fourth-order valence-electron chi connectivity index (χ4n) is 2.11. The minimum absolute atomic E-state index is 0.250. The Balaban J connectivity index is 2.62. The van der Waals surface area contributed by atoms with Gasteiger partial charge in [0.25, 0.3) is 11.8 Å². The Morgan fingerprint density at radius 1 is 1.13 bits per heavy atom. The van der Waals surface area contributed by atoms with Gasteiger partial charge in [-0.05, 0) is 30.2 Å². The van der Waals surface area contributed by atoms with Crippen molar-refractivity contribution >= 4 is 35.4 Å². The number of rotatable bonds is 8. The van der Waals surface area contributed by atoms with Gasteiger partial charge in [-0.1, -0.05) is 31.9 Å². The number of imide groups is 1. The Hall–Kier alpha value is -2.82. The van der Waals surface area contributed by atoms with E-state index in [0.717, 1.165) is 0 Å². The number of halogens is 4. The van der Waals surface area contributed by atoms with Crippen molar-refractivity contribution in [3.63, 3.8) is 0 Å². The topological polar surface area (TPSA) is 114 Å². The number of alkyl halides is 3. The largest absolute Gasteiger partial charge is 0.454 e. The smallest absolute Gasteiger partial charge is 0.405 e. The van der Waals surface area contributed by atoms with Crippen molar-refractivity contribution in [2.24, 2.45) is 5.92 Å². The van der Waals surface area contributed by atoms with Gasteiger partial charge in [0.15, 0.2) is 6.61 Å². The van der Waals surface area contributed by atoms with E-state index in [-0.39, 0.29) is 11.5 Å².